The Hall–Kier alpha value is -3.81. The zero-order valence-electron chi connectivity index (χ0n) is 19.0. The molecule has 2 fully saturated rings. The summed E-state index contributed by atoms with van der Waals surface area (Å²) in [5, 5.41) is 26.1. The maximum atomic E-state index is 9.82. The van der Waals surface area contributed by atoms with Crippen molar-refractivity contribution < 1.29 is 5.11 Å². The number of nitriles is 1. The molecule has 0 spiro atoms. The van der Waals surface area contributed by atoms with Gasteiger partial charge in [-0.2, -0.15) is 5.26 Å². The number of β-amino-alcohol motifs (C(OH)–C–C–N with tert-alkyl or cyclic N) is 1. The molecular weight excluding hydrogens is 430 g/mol. The Morgan fingerprint density at radius 1 is 1.12 bits per heavy atom. The maximum Gasteiger partial charge on any atom is 0.227 e. The molecule has 3 aromatic rings. The summed E-state index contributed by atoms with van der Waals surface area (Å²) in [6.07, 6.45) is 5.46. The van der Waals surface area contributed by atoms with Crippen molar-refractivity contribution in [3.8, 4) is 17.3 Å². The van der Waals surface area contributed by atoms with E-state index in [0.717, 1.165) is 36.7 Å². The number of nitrogens with one attached hydrogen (secondary N) is 2. The summed E-state index contributed by atoms with van der Waals surface area (Å²) in [7, 11) is 0. The van der Waals surface area contributed by atoms with Gasteiger partial charge in [0.2, 0.25) is 5.95 Å². The fraction of sp³-hybridized carbons (Fsp3) is 0.375. The van der Waals surface area contributed by atoms with Gasteiger partial charge in [0.05, 0.1) is 29.2 Å². The van der Waals surface area contributed by atoms with Crippen LogP contribution in [0.2, 0.25) is 0 Å². The predicted molar refractivity (Wildman–Crippen MR) is 130 cm³/mol. The third kappa shape index (κ3) is 4.76. The molecule has 0 bridgehead atoms. The molecule has 0 saturated carbocycles. The number of pyridine rings is 2. The van der Waals surface area contributed by atoms with E-state index in [-0.39, 0.29) is 6.10 Å². The molecule has 2 atom stereocenters. The predicted octanol–water partition coefficient (Wildman–Crippen LogP) is 1.92. The maximum absolute atomic E-state index is 9.82. The van der Waals surface area contributed by atoms with E-state index in [0.29, 0.717) is 48.6 Å². The van der Waals surface area contributed by atoms with Crippen molar-refractivity contribution in [3.05, 3.63) is 48.4 Å². The summed E-state index contributed by atoms with van der Waals surface area (Å²) in [6.45, 7) is 6.16. The van der Waals surface area contributed by atoms with Gasteiger partial charge >= 0.3 is 0 Å². The quantitative estimate of drug-likeness (QED) is 0.523. The van der Waals surface area contributed by atoms with Gasteiger partial charge in [-0.25, -0.2) is 19.9 Å². The number of piperazine rings is 1. The first-order valence-electron chi connectivity index (χ1n) is 11.5. The van der Waals surface area contributed by atoms with Crippen LogP contribution in [0.4, 0.5) is 23.3 Å². The number of hydrogen-bond donors (Lipinski definition) is 3. The Labute approximate surface area is 198 Å². The lowest BCUT2D eigenvalue weighted by Crippen LogP contribution is -2.49. The molecule has 2 unspecified atom stereocenters. The second kappa shape index (κ2) is 9.59. The summed E-state index contributed by atoms with van der Waals surface area (Å²) in [5.41, 5.74) is 2.64. The van der Waals surface area contributed by atoms with Crippen LogP contribution in [-0.4, -0.2) is 69.9 Å². The molecule has 0 aliphatic carbocycles. The van der Waals surface area contributed by atoms with Crippen molar-refractivity contribution in [2.45, 2.75) is 25.5 Å². The van der Waals surface area contributed by atoms with Crippen LogP contribution in [0.25, 0.3) is 11.3 Å². The minimum atomic E-state index is -0.382. The summed E-state index contributed by atoms with van der Waals surface area (Å²) < 4.78 is 0. The molecule has 5 rings (SSSR count). The van der Waals surface area contributed by atoms with Crippen LogP contribution < -0.4 is 20.4 Å². The van der Waals surface area contributed by atoms with Crippen molar-refractivity contribution in [2.75, 3.05) is 47.8 Å². The number of anilines is 4. The van der Waals surface area contributed by atoms with Crippen LogP contribution in [-0.2, 0) is 0 Å². The summed E-state index contributed by atoms with van der Waals surface area (Å²) in [5.74, 6) is 1.99. The fourth-order valence-electron chi connectivity index (χ4n) is 4.36. The van der Waals surface area contributed by atoms with E-state index >= 15 is 0 Å². The standard InChI is InChI=1S/C24H27N9O/c1-16-14-32(9-7-26-16)22-3-2-19(13-28-22)30-24-27-6-4-21(31-24)18-10-17(11-25)23(29-12-18)33-8-5-20(34)15-33/h2-4,6,10,12-13,16,20,26,34H,5,7-9,14-15H2,1H3,(H,27,30,31). The van der Waals surface area contributed by atoms with Gasteiger partial charge in [0.1, 0.15) is 17.7 Å². The molecule has 5 heterocycles. The van der Waals surface area contributed by atoms with E-state index in [1.54, 1.807) is 30.7 Å². The Balaban J connectivity index is 1.31. The van der Waals surface area contributed by atoms with Gasteiger partial charge < -0.3 is 25.5 Å². The van der Waals surface area contributed by atoms with Gasteiger partial charge in [-0.05, 0) is 37.6 Å². The first-order chi connectivity index (χ1) is 16.6. The monoisotopic (exact) mass is 457 g/mol. The molecule has 2 aliphatic heterocycles. The number of aliphatic hydroxyl groups excluding tert-OH is 1. The van der Waals surface area contributed by atoms with E-state index in [9.17, 15) is 10.4 Å². The smallest absolute Gasteiger partial charge is 0.227 e. The topological polar surface area (TPSA) is 126 Å². The highest BCUT2D eigenvalue weighted by Gasteiger charge is 2.24. The minimum absolute atomic E-state index is 0.382. The third-order valence-electron chi connectivity index (χ3n) is 6.10. The SMILES string of the molecule is CC1CN(c2ccc(Nc3nccc(-c4cnc(N5CCC(O)C5)c(C#N)c4)n3)cn2)CCN1. The second-order valence-corrected chi connectivity index (χ2v) is 8.69. The third-order valence-corrected chi connectivity index (χ3v) is 6.10. The zero-order chi connectivity index (χ0) is 23.5. The Kier molecular flexibility index (Phi) is 6.20. The summed E-state index contributed by atoms with van der Waals surface area (Å²) in [6, 6.07) is 10.2. The van der Waals surface area contributed by atoms with Crippen LogP contribution >= 0.6 is 0 Å². The molecule has 2 aliphatic rings. The lowest BCUT2D eigenvalue weighted by molar-refractivity contribution is 0.198. The molecule has 0 aromatic carbocycles. The van der Waals surface area contributed by atoms with Crippen LogP contribution in [0.1, 0.15) is 18.9 Å². The van der Waals surface area contributed by atoms with Gasteiger partial charge in [-0.3, -0.25) is 0 Å². The molecule has 3 aromatic heterocycles. The van der Waals surface area contributed by atoms with Crippen molar-refractivity contribution in [1.82, 2.24) is 25.3 Å². The molecule has 2 saturated heterocycles. The molecular formula is C24H27N9O. The van der Waals surface area contributed by atoms with E-state index in [4.69, 9.17) is 0 Å². The number of aromatic nitrogens is 4. The van der Waals surface area contributed by atoms with Gasteiger partial charge in [-0.15, -0.1) is 0 Å². The van der Waals surface area contributed by atoms with Crippen LogP contribution in [0, 0.1) is 11.3 Å². The Morgan fingerprint density at radius 3 is 2.76 bits per heavy atom. The minimum Gasteiger partial charge on any atom is -0.391 e. The highest BCUT2D eigenvalue weighted by atomic mass is 16.3. The molecule has 0 radical (unpaired) electrons. The van der Waals surface area contributed by atoms with Gasteiger partial charge in [0.25, 0.3) is 0 Å². The van der Waals surface area contributed by atoms with Crippen LogP contribution in [0.5, 0.6) is 0 Å². The number of nitrogens with zero attached hydrogens (tertiary/aromatic N) is 7. The van der Waals surface area contributed by atoms with Crippen molar-refractivity contribution in [3.63, 3.8) is 0 Å². The Bertz CT molecular complexity index is 1190. The number of rotatable bonds is 5. The summed E-state index contributed by atoms with van der Waals surface area (Å²) >= 11 is 0. The largest absolute Gasteiger partial charge is 0.391 e. The molecule has 174 valence electrons. The van der Waals surface area contributed by atoms with E-state index in [1.807, 2.05) is 17.0 Å². The molecule has 34 heavy (non-hydrogen) atoms. The molecule has 3 N–H and O–H groups in total. The average molecular weight is 458 g/mol. The van der Waals surface area contributed by atoms with E-state index < -0.39 is 0 Å². The van der Waals surface area contributed by atoms with Gasteiger partial charge in [-0.1, -0.05) is 0 Å². The molecule has 10 nitrogen and oxygen atoms in total. The Morgan fingerprint density at radius 2 is 2.03 bits per heavy atom. The van der Waals surface area contributed by atoms with Gasteiger partial charge in [0, 0.05) is 56.7 Å². The first kappa shape index (κ1) is 22.0. The highest BCUT2D eigenvalue weighted by molar-refractivity contribution is 5.67. The van der Waals surface area contributed by atoms with Crippen LogP contribution in [0.3, 0.4) is 0 Å². The number of hydrogen-bond acceptors (Lipinski definition) is 10. The van der Waals surface area contributed by atoms with E-state index in [2.05, 4.69) is 48.5 Å². The molecule has 10 heteroatoms. The lowest BCUT2D eigenvalue weighted by atomic mass is 10.1. The summed E-state index contributed by atoms with van der Waals surface area (Å²) in [4.78, 5) is 22.2. The van der Waals surface area contributed by atoms with Crippen molar-refractivity contribution in [1.29, 1.82) is 5.26 Å². The van der Waals surface area contributed by atoms with Crippen LogP contribution in [0.15, 0.2) is 42.9 Å². The first-order valence-corrected chi connectivity index (χ1v) is 11.5. The average Bonchev–Trinajstić information content (AvgIpc) is 3.30. The zero-order valence-corrected chi connectivity index (χ0v) is 19.0. The highest BCUT2D eigenvalue weighted by Crippen LogP contribution is 2.27. The second-order valence-electron chi connectivity index (χ2n) is 8.69. The molecule has 0 amide bonds. The lowest BCUT2D eigenvalue weighted by Gasteiger charge is -2.32. The van der Waals surface area contributed by atoms with Gasteiger partial charge in [0.15, 0.2) is 0 Å². The van der Waals surface area contributed by atoms with Crippen molar-refractivity contribution >= 4 is 23.3 Å². The number of aliphatic hydroxyl groups is 1. The van der Waals surface area contributed by atoms with Crippen molar-refractivity contribution in [2.24, 2.45) is 0 Å². The fourth-order valence-corrected chi connectivity index (χ4v) is 4.36. The normalized spacial score (nSPS) is 20.3. The van der Waals surface area contributed by atoms with E-state index in [1.165, 1.54) is 0 Å².